The number of hydrogen-bond acceptors (Lipinski definition) is 2. The highest BCUT2D eigenvalue weighted by atomic mass is 32.1. The van der Waals surface area contributed by atoms with Crippen molar-refractivity contribution in [3.05, 3.63) is 17.9 Å². The van der Waals surface area contributed by atoms with Gasteiger partial charge in [0.2, 0.25) is 0 Å². The normalized spacial score (nSPS) is 9.75. The zero-order chi connectivity index (χ0) is 5.98. The lowest BCUT2D eigenvalue weighted by atomic mass is 10.4. The van der Waals surface area contributed by atoms with Crippen LogP contribution >= 0.6 is 12.6 Å². The summed E-state index contributed by atoms with van der Waals surface area (Å²) in [5.41, 5.74) is 0. The smallest absolute Gasteiger partial charge is 0.157 e. The number of rotatable bonds is 1. The summed E-state index contributed by atoms with van der Waals surface area (Å²) in [7, 11) is 0. The molecule has 44 valence electrons. The molecule has 0 saturated carbocycles. The van der Waals surface area contributed by atoms with Gasteiger partial charge in [-0.25, -0.2) is 0 Å². The molecule has 2 heteroatoms. The molecule has 1 aromatic heterocycles. The van der Waals surface area contributed by atoms with Gasteiger partial charge in [-0.05, 0) is 12.1 Å². The molecule has 8 heavy (non-hydrogen) atoms. The predicted molar refractivity (Wildman–Crippen MR) is 35.3 cm³/mol. The zero-order valence-electron chi connectivity index (χ0n) is 4.72. The fraction of sp³-hybridized carbons (Fsp3) is 0.333. The maximum Gasteiger partial charge on any atom is 0.157 e. The van der Waals surface area contributed by atoms with Gasteiger partial charge >= 0.3 is 0 Å². The lowest BCUT2D eigenvalue weighted by molar-refractivity contribution is 0.437. The molecule has 0 fully saturated rings. The van der Waals surface area contributed by atoms with Crippen molar-refractivity contribution < 1.29 is 4.42 Å². The molecular formula is C6H8OS. The number of hydrogen-bond donors (Lipinski definition) is 1. The van der Waals surface area contributed by atoms with Crippen LogP contribution in [0.2, 0.25) is 0 Å². The number of furan rings is 1. The Kier molecular flexibility index (Phi) is 1.63. The Hall–Kier alpha value is -0.370. The minimum Gasteiger partial charge on any atom is -0.455 e. The van der Waals surface area contributed by atoms with Gasteiger partial charge in [0.15, 0.2) is 5.09 Å². The fourth-order valence-corrected chi connectivity index (χ4v) is 0.748. The van der Waals surface area contributed by atoms with E-state index in [-0.39, 0.29) is 0 Å². The average molecular weight is 128 g/mol. The van der Waals surface area contributed by atoms with Crippen LogP contribution in [0, 0.1) is 0 Å². The third-order valence-corrected chi connectivity index (χ3v) is 1.24. The van der Waals surface area contributed by atoms with E-state index in [1.165, 1.54) is 0 Å². The standard InChI is InChI=1S/C6H8OS/c1-2-5-3-4-6(8)7-5/h3-4,8H,2H2,1H3. The second kappa shape index (κ2) is 2.27. The van der Waals surface area contributed by atoms with E-state index < -0.39 is 0 Å². The first-order valence-corrected chi connectivity index (χ1v) is 3.05. The molecule has 0 bridgehead atoms. The molecule has 1 aromatic rings. The zero-order valence-corrected chi connectivity index (χ0v) is 5.61. The molecular weight excluding hydrogens is 120 g/mol. The van der Waals surface area contributed by atoms with Gasteiger partial charge in [0, 0.05) is 6.42 Å². The van der Waals surface area contributed by atoms with Crippen LogP contribution in [0.25, 0.3) is 0 Å². The van der Waals surface area contributed by atoms with Crippen molar-refractivity contribution >= 4 is 12.6 Å². The van der Waals surface area contributed by atoms with Crippen LogP contribution in [-0.4, -0.2) is 0 Å². The first-order chi connectivity index (χ1) is 3.83. The van der Waals surface area contributed by atoms with Gasteiger partial charge in [0.25, 0.3) is 0 Å². The Bertz CT molecular complexity index is 169. The fourth-order valence-electron chi connectivity index (χ4n) is 0.557. The summed E-state index contributed by atoms with van der Waals surface area (Å²) in [6.07, 6.45) is 0.945. The van der Waals surface area contributed by atoms with Crippen LogP contribution in [0.15, 0.2) is 21.6 Å². The Morgan fingerprint density at radius 1 is 1.62 bits per heavy atom. The molecule has 1 heterocycles. The first kappa shape index (κ1) is 5.76. The third-order valence-electron chi connectivity index (χ3n) is 0.996. The largest absolute Gasteiger partial charge is 0.455 e. The monoisotopic (exact) mass is 128 g/mol. The summed E-state index contributed by atoms with van der Waals surface area (Å²) >= 11 is 3.99. The average Bonchev–Trinajstić information content (AvgIpc) is 2.14. The second-order valence-electron chi connectivity index (χ2n) is 1.59. The molecule has 0 unspecified atom stereocenters. The van der Waals surface area contributed by atoms with Crippen molar-refractivity contribution in [2.24, 2.45) is 0 Å². The van der Waals surface area contributed by atoms with E-state index in [1.807, 2.05) is 19.1 Å². The van der Waals surface area contributed by atoms with Crippen molar-refractivity contribution in [3.63, 3.8) is 0 Å². The molecule has 0 N–H and O–H groups in total. The van der Waals surface area contributed by atoms with E-state index in [4.69, 9.17) is 4.42 Å². The molecule has 0 aliphatic carbocycles. The number of thiol groups is 1. The van der Waals surface area contributed by atoms with Crippen molar-refractivity contribution in [3.8, 4) is 0 Å². The van der Waals surface area contributed by atoms with E-state index in [2.05, 4.69) is 12.6 Å². The lowest BCUT2D eigenvalue weighted by Gasteiger charge is -1.82. The summed E-state index contributed by atoms with van der Waals surface area (Å²) < 4.78 is 5.10. The number of aryl methyl sites for hydroxylation is 1. The lowest BCUT2D eigenvalue weighted by Crippen LogP contribution is -1.67. The van der Waals surface area contributed by atoms with Gasteiger partial charge in [0.05, 0.1) is 0 Å². The molecule has 0 aromatic carbocycles. The van der Waals surface area contributed by atoms with Gasteiger partial charge in [-0.2, -0.15) is 0 Å². The Balaban J connectivity index is 2.84. The summed E-state index contributed by atoms with van der Waals surface area (Å²) in [5.74, 6) is 0.995. The van der Waals surface area contributed by atoms with Crippen LogP contribution < -0.4 is 0 Å². The van der Waals surface area contributed by atoms with Crippen molar-refractivity contribution in [1.82, 2.24) is 0 Å². The third kappa shape index (κ3) is 1.07. The maximum absolute atomic E-state index is 5.10. The molecule has 0 saturated heterocycles. The van der Waals surface area contributed by atoms with Crippen molar-refractivity contribution in [1.29, 1.82) is 0 Å². The molecule has 0 aliphatic rings. The quantitative estimate of drug-likeness (QED) is 0.572. The van der Waals surface area contributed by atoms with E-state index in [0.717, 1.165) is 12.2 Å². The van der Waals surface area contributed by atoms with E-state index in [1.54, 1.807) is 0 Å². The van der Waals surface area contributed by atoms with Gasteiger partial charge in [-0.3, -0.25) is 0 Å². The topological polar surface area (TPSA) is 13.1 Å². The SMILES string of the molecule is CCc1ccc(S)o1. The van der Waals surface area contributed by atoms with Crippen LogP contribution in [0.5, 0.6) is 0 Å². The highest BCUT2D eigenvalue weighted by Crippen LogP contribution is 2.10. The molecule has 1 rings (SSSR count). The Morgan fingerprint density at radius 3 is 2.62 bits per heavy atom. The van der Waals surface area contributed by atoms with Crippen LogP contribution in [-0.2, 0) is 6.42 Å². The van der Waals surface area contributed by atoms with E-state index >= 15 is 0 Å². The molecule has 1 nitrogen and oxygen atoms in total. The van der Waals surface area contributed by atoms with Gasteiger partial charge in [0.1, 0.15) is 5.76 Å². The van der Waals surface area contributed by atoms with Crippen LogP contribution in [0.4, 0.5) is 0 Å². The maximum atomic E-state index is 5.10. The molecule has 0 atom stereocenters. The second-order valence-corrected chi connectivity index (χ2v) is 2.03. The highest BCUT2D eigenvalue weighted by Gasteiger charge is 1.91. The summed E-state index contributed by atoms with van der Waals surface area (Å²) in [4.78, 5) is 0. The van der Waals surface area contributed by atoms with Gasteiger partial charge < -0.3 is 4.42 Å². The summed E-state index contributed by atoms with van der Waals surface area (Å²) in [6.45, 7) is 2.05. The van der Waals surface area contributed by atoms with E-state index in [0.29, 0.717) is 5.09 Å². The van der Waals surface area contributed by atoms with Crippen LogP contribution in [0.1, 0.15) is 12.7 Å². The molecule has 0 radical (unpaired) electrons. The predicted octanol–water partition coefficient (Wildman–Crippen LogP) is 2.13. The summed E-state index contributed by atoms with van der Waals surface area (Å²) in [6, 6.07) is 3.78. The van der Waals surface area contributed by atoms with Gasteiger partial charge in [-0.1, -0.05) is 6.92 Å². The first-order valence-electron chi connectivity index (χ1n) is 2.60. The molecule has 0 spiro atoms. The molecule has 0 aliphatic heterocycles. The highest BCUT2D eigenvalue weighted by molar-refractivity contribution is 7.80. The van der Waals surface area contributed by atoms with Crippen molar-refractivity contribution in [2.45, 2.75) is 18.4 Å². The van der Waals surface area contributed by atoms with Crippen molar-refractivity contribution in [2.75, 3.05) is 0 Å². The minimum atomic E-state index is 0.696. The van der Waals surface area contributed by atoms with Gasteiger partial charge in [-0.15, -0.1) is 12.6 Å². The minimum absolute atomic E-state index is 0.696. The Morgan fingerprint density at radius 2 is 2.38 bits per heavy atom. The molecule has 0 amide bonds. The van der Waals surface area contributed by atoms with Crippen LogP contribution in [0.3, 0.4) is 0 Å². The Labute approximate surface area is 54.1 Å². The van der Waals surface area contributed by atoms with E-state index in [9.17, 15) is 0 Å². The summed E-state index contributed by atoms with van der Waals surface area (Å²) in [5, 5.41) is 0.696.